The summed E-state index contributed by atoms with van der Waals surface area (Å²) in [6, 6.07) is 8.87. The van der Waals surface area contributed by atoms with Gasteiger partial charge in [-0.15, -0.1) is 0 Å². The molecule has 0 radical (unpaired) electrons. The van der Waals surface area contributed by atoms with Crippen LogP contribution < -0.4 is 0 Å². The molecule has 1 atom stereocenters. The van der Waals surface area contributed by atoms with Crippen molar-refractivity contribution >= 4 is 11.9 Å². The summed E-state index contributed by atoms with van der Waals surface area (Å²) >= 11 is 0. The van der Waals surface area contributed by atoms with Crippen molar-refractivity contribution in [1.82, 2.24) is 4.90 Å². The number of nitrogens with zero attached hydrogens (tertiary/aromatic N) is 1. The van der Waals surface area contributed by atoms with Crippen LogP contribution >= 0.6 is 0 Å². The van der Waals surface area contributed by atoms with Gasteiger partial charge in [0.2, 0.25) is 5.91 Å². The van der Waals surface area contributed by atoms with Gasteiger partial charge in [-0.3, -0.25) is 4.79 Å². The first kappa shape index (κ1) is 12.6. The molecule has 0 unspecified atom stereocenters. The lowest BCUT2D eigenvalue weighted by molar-refractivity contribution is -0.165. The number of carbonyl (C=O) groups is 2. The Hall–Kier alpha value is -1.88. The van der Waals surface area contributed by atoms with Crippen LogP contribution in [0.25, 0.3) is 0 Å². The molecule has 0 N–H and O–H groups in total. The number of morpholine rings is 1. The minimum absolute atomic E-state index is 0.0142. The van der Waals surface area contributed by atoms with E-state index in [4.69, 9.17) is 9.47 Å². The number of benzene rings is 1. The summed E-state index contributed by atoms with van der Waals surface area (Å²) < 4.78 is 9.79. The second-order valence-electron chi connectivity index (χ2n) is 4.06. The number of methoxy groups -OCH3 is 1. The fourth-order valence-corrected chi connectivity index (χ4v) is 1.91. The molecule has 1 fully saturated rings. The summed E-state index contributed by atoms with van der Waals surface area (Å²) in [5.41, 5.74) is 0.974. The van der Waals surface area contributed by atoms with Crippen molar-refractivity contribution in [3.05, 3.63) is 35.9 Å². The standard InChI is InChI=1S/C13H15NO4/c1-17-13(16)11-8-18-9-12(15)14(11)7-10-5-3-2-4-6-10/h2-6,11H,7-9H2,1H3/t11-/m1/s1. The molecule has 0 aromatic heterocycles. The van der Waals surface area contributed by atoms with Gasteiger partial charge in [-0.2, -0.15) is 0 Å². The molecule has 1 amide bonds. The van der Waals surface area contributed by atoms with Gasteiger partial charge in [0.15, 0.2) is 6.04 Å². The van der Waals surface area contributed by atoms with E-state index in [1.54, 1.807) is 0 Å². The Labute approximate surface area is 105 Å². The fourth-order valence-electron chi connectivity index (χ4n) is 1.91. The Morgan fingerprint density at radius 3 is 2.83 bits per heavy atom. The van der Waals surface area contributed by atoms with Crippen LogP contribution in [0.3, 0.4) is 0 Å². The van der Waals surface area contributed by atoms with Crippen molar-refractivity contribution < 1.29 is 19.1 Å². The van der Waals surface area contributed by atoms with Gasteiger partial charge in [-0.1, -0.05) is 30.3 Å². The first-order chi connectivity index (χ1) is 8.72. The minimum Gasteiger partial charge on any atom is -0.467 e. The summed E-state index contributed by atoms with van der Waals surface area (Å²) in [5.74, 6) is -0.639. The van der Waals surface area contributed by atoms with Gasteiger partial charge >= 0.3 is 5.97 Å². The Morgan fingerprint density at radius 1 is 1.44 bits per heavy atom. The smallest absolute Gasteiger partial charge is 0.331 e. The molecule has 1 heterocycles. The topological polar surface area (TPSA) is 55.8 Å². The van der Waals surface area contributed by atoms with Crippen LogP contribution in [0.1, 0.15) is 5.56 Å². The Balaban J connectivity index is 2.15. The van der Waals surface area contributed by atoms with E-state index in [9.17, 15) is 9.59 Å². The number of amides is 1. The van der Waals surface area contributed by atoms with Gasteiger partial charge in [-0.25, -0.2) is 4.79 Å². The molecule has 1 saturated heterocycles. The number of carbonyl (C=O) groups excluding carboxylic acids is 2. The highest BCUT2D eigenvalue weighted by Crippen LogP contribution is 2.14. The maximum atomic E-state index is 11.8. The molecular formula is C13H15NO4. The zero-order valence-corrected chi connectivity index (χ0v) is 10.2. The third-order valence-corrected chi connectivity index (χ3v) is 2.87. The van der Waals surface area contributed by atoms with Crippen LogP contribution in [0.4, 0.5) is 0 Å². The zero-order valence-electron chi connectivity index (χ0n) is 10.2. The molecule has 96 valence electrons. The van der Waals surface area contributed by atoms with Crippen molar-refractivity contribution in [2.45, 2.75) is 12.6 Å². The third kappa shape index (κ3) is 2.68. The van der Waals surface area contributed by atoms with E-state index in [1.807, 2.05) is 30.3 Å². The minimum atomic E-state index is -0.656. The number of esters is 1. The number of hydrogen-bond acceptors (Lipinski definition) is 4. The molecule has 5 heteroatoms. The Kier molecular flexibility index (Phi) is 3.94. The number of rotatable bonds is 3. The molecular weight excluding hydrogens is 234 g/mol. The molecule has 1 aliphatic heterocycles. The van der Waals surface area contributed by atoms with Crippen molar-refractivity contribution in [2.75, 3.05) is 20.3 Å². The average molecular weight is 249 g/mol. The van der Waals surface area contributed by atoms with E-state index in [0.717, 1.165) is 5.56 Å². The summed E-state index contributed by atoms with van der Waals surface area (Å²) in [6.45, 7) is 0.592. The van der Waals surface area contributed by atoms with E-state index in [0.29, 0.717) is 6.54 Å². The van der Waals surface area contributed by atoms with Gasteiger partial charge in [0, 0.05) is 6.54 Å². The van der Waals surface area contributed by atoms with Gasteiger partial charge in [0.05, 0.1) is 13.7 Å². The van der Waals surface area contributed by atoms with E-state index >= 15 is 0 Å². The highest BCUT2D eigenvalue weighted by molar-refractivity contribution is 5.86. The highest BCUT2D eigenvalue weighted by Gasteiger charge is 2.34. The van der Waals surface area contributed by atoms with Crippen molar-refractivity contribution in [2.24, 2.45) is 0 Å². The molecule has 0 spiro atoms. The van der Waals surface area contributed by atoms with Crippen LogP contribution in [0, 0.1) is 0 Å². The molecule has 1 aliphatic rings. The summed E-state index contributed by atoms with van der Waals surface area (Å²) in [4.78, 5) is 24.9. The van der Waals surface area contributed by atoms with Crippen molar-refractivity contribution in [3.63, 3.8) is 0 Å². The second-order valence-corrected chi connectivity index (χ2v) is 4.06. The van der Waals surface area contributed by atoms with Crippen molar-refractivity contribution in [1.29, 1.82) is 0 Å². The lowest BCUT2D eigenvalue weighted by Gasteiger charge is -2.33. The largest absolute Gasteiger partial charge is 0.467 e. The van der Waals surface area contributed by atoms with Gasteiger partial charge < -0.3 is 14.4 Å². The first-order valence-electron chi connectivity index (χ1n) is 5.71. The second kappa shape index (κ2) is 5.64. The van der Waals surface area contributed by atoms with Crippen LogP contribution in [-0.2, 0) is 25.6 Å². The predicted molar refractivity (Wildman–Crippen MR) is 63.6 cm³/mol. The predicted octanol–water partition coefficient (Wildman–Crippen LogP) is 0.587. The number of ether oxygens (including phenoxy) is 2. The number of hydrogen-bond donors (Lipinski definition) is 0. The van der Waals surface area contributed by atoms with E-state index in [1.165, 1.54) is 12.0 Å². The summed E-state index contributed by atoms with van der Waals surface area (Å²) in [7, 11) is 1.31. The van der Waals surface area contributed by atoms with Gasteiger partial charge in [-0.05, 0) is 5.56 Å². The summed E-state index contributed by atoms with van der Waals surface area (Å²) in [5, 5.41) is 0. The van der Waals surface area contributed by atoms with Gasteiger partial charge in [0.1, 0.15) is 6.61 Å². The first-order valence-corrected chi connectivity index (χ1v) is 5.71. The maximum Gasteiger partial charge on any atom is 0.331 e. The van der Waals surface area contributed by atoms with Crippen LogP contribution in [0.5, 0.6) is 0 Å². The maximum absolute atomic E-state index is 11.8. The molecule has 1 aromatic rings. The Morgan fingerprint density at radius 2 is 2.17 bits per heavy atom. The molecule has 2 rings (SSSR count). The van der Waals surface area contributed by atoms with Crippen LogP contribution in [0.15, 0.2) is 30.3 Å². The van der Waals surface area contributed by atoms with Crippen molar-refractivity contribution in [3.8, 4) is 0 Å². The fraction of sp³-hybridized carbons (Fsp3) is 0.385. The van der Waals surface area contributed by atoms with E-state index in [2.05, 4.69) is 0 Å². The summed E-state index contributed by atoms with van der Waals surface area (Å²) in [6.07, 6.45) is 0. The van der Waals surface area contributed by atoms with Crippen LogP contribution in [0.2, 0.25) is 0 Å². The SMILES string of the molecule is COC(=O)[C@H]1COCC(=O)N1Cc1ccccc1. The Bertz CT molecular complexity index is 432. The molecule has 18 heavy (non-hydrogen) atoms. The highest BCUT2D eigenvalue weighted by atomic mass is 16.5. The zero-order chi connectivity index (χ0) is 13.0. The van der Waals surface area contributed by atoms with E-state index in [-0.39, 0.29) is 19.1 Å². The molecule has 1 aromatic carbocycles. The van der Waals surface area contributed by atoms with E-state index < -0.39 is 12.0 Å². The lowest BCUT2D eigenvalue weighted by Crippen LogP contribution is -2.53. The molecule has 0 bridgehead atoms. The van der Waals surface area contributed by atoms with Gasteiger partial charge in [0.25, 0.3) is 0 Å². The third-order valence-electron chi connectivity index (χ3n) is 2.87. The quantitative estimate of drug-likeness (QED) is 0.736. The molecule has 0 saturated carbocycles. The van der Waals surface area contributed by atoms with Crippen LogP contribution in [-0.4, -0.2) is 43.1 Å². The normalized spacial score (nSPS) is 19.7. The molecule has 0 aliphatic carbocycles. The lowest BCUT2D eigenvalue weighted by atomic mass is 10.1. The molecule has 5 nitrogen and oxygen atoms in total. The average Bonchev–Trinajstić information content (AvgIpc) is 2.41. The monoisotopic (exact) mass is 249 g/mol.